The van der Waals surface area contributed by atoms with E-state index in [1.165, 1.54) is 82.8 Å². The van der Waals surface area contributed by atoms with E-state index in [2.05, 4.69) is 223 Å². The molecule has 272 valence electrons. The maximum atomic E-state index is 3.37. The molecule has 0 saturated carbocycles. The monoisotopic (exact) mass is 731 g/mol. The Morgan fingerprint density at radius 1 is 0.509 bits per heavy atom. The van der Waals surface area contributed by atoms with Gasteiger partial charge in [-0.25, -0.2) is 0 Å². The molecule has 1 aliphatic heterocycles. The first-order valence-corrected chi connectivity index (χ1v) is 19.9. The number of rotatable bonds is 6. The molecular weight excluding hydrogens is 691 g/mol. The Balaban J connectivity index is 1.09. The molecule has 57 heavy (non-hydrogen) atoms. The maximum Gasteiger partial charge on any atom is 0.0541 e. The SMILES string of the molecule is CC1(C)c2ccccc2-c2ccc(N(c3ccc(C4=CNCC=C4)cc3)c3ccc(-c4ccc5c(c4)c4ccccc4n5-c4ccccc4)c4ccccc34)cc21. The lowest BCUT2D eigenvalue weighted by Gasteiger charge is -2.29. The van der Waals surface area contributed by atoms with Crippen molar-refractivity contribution in [3.63, 3.8) is 0 Å². The Labute approximate surface area is 333 Å². The second kappa shape index (κ2) is 13.0. The average Bonchev–Trinajstić information content (AvgIpc) is 3.72. The summed E-state index contributed by atoms with van der Waals surface area (Å²) in [6, 6.07) is 65.0. The van der Waals surface area contributed by atoms with Crippen LogP contribution in [0.2, 0.25) is 0 Å². The van der Waals surface area contributed by atoms with Gasteiger partial charge in [0, 0.05) is 51.4 Å². The van der Waals surface area contributed by atoms with E-state index < -0.39 is 0 Å². The van der Waals surface area contributed by atoms with E-state index in [1.807, 2.05) is 0 Å². The van der Waals surface area contributed by atoms with Crippen molar-refractivity contribution in [3.05, 3.63) is 211 Å². The minimum Gasteiger partial charge on any atom is -0.387 e. The van der Waals surface area contributed by atoms with Crippen LogP contribution in [-0.4, -0.2) is 11.1 Å². The molecule has 9 aromatic rings. The van der Waals surface area contributed by atoms with E-state index in [4.69, 9.17) is 0 Å². The van der Waals surface area contributed by atoms with Crippen LogP contribution in [0.5, 0.6) is 0 Å². The zero-order chi connectivity index (χ0) is 38.1. The summed E-state index contributed by atoms with van der Waals surface area (Å²) in [6.07, 6.45) is 6.48. The first-order chi connectivity index (χ1) is 28.0. The number of hydrogen-bond acceptors (Lipinski definition) is 2. The summed E-state index contributed by atoms with van der Waals surface area (Å²) in [6.45, 7) is 5.58. The molecule has 3 heteroatoms. The highest BCUT2D eigenvalue weighted by atomic mass is 15.1. The zero-order valence-electron chi connectivity index (χ0n) is 32.1. The molecule has 0 bridgehead atoms. The number of hydrogen-bond donors (Lipinski definition) is 1. The van der Waals surface area contributed by atoms with Crippen LogP contribution in [0.3, 0.4) is 0 Å². The molecule has 0 amide bonds. The van der Waals surface area contributed by atoms with Crippen LogP contribution in [0.25, 0.3) is 66.1 Å². The van der Waals surface area contributed by atoms with Gasteiger partial charge in [0.05, 0.1) is 16.7 Å². The highest BCUT2D eigenvalue weighted by Gasteiger charge is 2.36. The highest BCUT2D eigenvalue weighted by Crippen LogP contribution is 2.51. The van der Waals surface area contributed by atoms with Crippen molar-refractivity contribution in [3.8, 4) is 27.9 Å². The topological polar surface area (TPSA) is 20.2 Å². The van der Waals surface area contributed by atoms with E-state index in [0.717, 1.165) is 23.6 Å². The van der Waals surface area contributed by atoms with Crippen molar-refractivity contribution in [2.45, 2.75) is 19.3 Å². The normalized spacial score (nSPS) is 14.0. The molecular formula is C54H41N3. The van der Waals surface area contributed by atoms with Gasteiger partial charge in [-0.1, -0.05) is 141 Å². The molecule has 0 radical (unpaired) electrons. The van der Waals surface area contributed by atoms with Gasteiger partial charge >= 0.3 is 0 Å². The van der Waals surface area contributed by atoms with Crippen LogP contribution in [0.1, 0.15) is 30.5 Å². The summed E-state index contributed by atoms with van der Waals surface area (Å²) in [5, 5.41) is 8.30. The van der Waals surface area contributed by atoms with Gasteiger partial charge in [0.2, 0.25) is 0 Å². The van der Waals surface area contributed by atoms with Gasteiger partial charge in [-0.15, -0.1) is 0 Å². The number of fused-ring (bicyclic) bond motifs is 7. The molecule has 1 N–H and O–H groups in total. The largest absolute Gasteiger partial charge is 0.387 e. The third-order valence-electron chi connectivity index (χ3n) is 12.2. The van der Waals surface area contributed by atoms with E-state index in [9.17, 15) is 0 Å². The molecule has 0 atom stereocenters. The van der Waals surface area contributed by atoms with Gasteiger partial charge in [-0.3, -0.25) is 0 Å². The summed E-state index contributed by atoms with van der Waals surface area (Å²) in [4.78, 5) is 2.45. The molecule has 11 rings (SSSR count). The zero-order valence-corrected chi connectivity index (χ0v) is 32.1. The van der Waals surface area contributed by atoms with Crippen molar-refractivity contribution in [2.75, 3.05) is 11.4 Å². The van der Waals surface area contributed by atoms with Crippen LogP contribution < -0.4 is 10.2 Å². The van der Waals surface area contributed by atoms with Crippen molar-refractivity contribution in [2.24, 2.45) is 0 Å². The lowest BCUT2D eigenvalue weighted by molar-refractivity contribution is 0.660. The molecule has 0 saturated heterocycles. The van der Waals surface area contributed by atoms with Crippen LogP contribution in [-0.2, 0) is 5.41 Å². The third-order valence-corrected chi connectivity index (χ3v) is 12.2. The predicted molar refractivity (Wildman–Crippen MR) is 241 cm³/mol. The average molecular weight is 732 g/mol. The molecule has 3 nitrogen and oxygen atoms in total. The predicted octanol–water partition coefficient (Wildman–Crippen LogP) is 13.9. The van der Waals surface area contributed by atoms with E-state index in [0.29, 0.717) is 0 Å². The maximum absolute atomic E-state index is 3.37. The number of allylic oxidation sites excluding steroid dienone is 2. The highest BCUT2D eigenvalue weighted by molar-refractivity contribution is 6.12. The molecule has 2 aliphatic rings. The van der Waals surface area contributed by atoms with Crippen molar-refractivity contribution >= 4 is 55.2 Å². The third kappa shape index (κ3) is 5.27. The van der Waals surface area contributed by atoms with Gasteiger partial charge in [0.25, 0.3) is 0 Å². The summed E-state index contributed by atoms with van der Waals surface area (Å²) in [7, 11) is 0. The van der Waals surface area contributed by atoms with Crippen LogP contribution in [0.4, 0.5) is 17.1 Å². The van der Waals surface area contributed by atoms with E-state index in [1.54, 1.807) is 0 Å². The number of nitrogens with zero attached hydrogens (tertiary/aromatic N) is 2. The Morgan fingerprint density at radius 3 is 2.00 bits per heavy atom. The molecule has 1 aliphatic carbocycles. The van der Waals surface area contributed by atoms with Gasteiger partial charge in [0.15, 0.2) is 0 Å². The second-order valence-electron chi connectivity index (χ2n) is 15.8. The fraction of sp³-hybridized carbons (Fsp3) is 0.0741. The minimum atomic E-state index is -0.113. The molecule has 8 aromatic carbocycles. The number of para-hydroxylation sites is 2. The number of nitrogens with one attached hydrogen (secondary N) is 1. The van der Waals surface area contributed by atoms with Crippen LogP contribution >= 0.6 is 0 Å². The van der Waals surface area contributed by atoms with Crippen molar-refractivity contribution < 1.29 is 0 Å². The Kier molecular flexibility index (Phi) is 7.58. The van der Waals surface area contributed by atoms with Gasteiger partial charge in [-0.2, -0.15) is 0 Å². The first-order valence-electron chi connectivity index (χ1n) is 19.9. The number of anilines is 3. The number of aromatic nitrogens is 1. The van der Waals surface area contributed by atoms with Crippen molar-refractivity contribution in [1.82, 2.24) is 9.88 Å². The fourth-order valence-corrected chi connectivity index (χ4v) is 9.44. The second-order valence-corrected chi connectivity index (χ2v) is 15.8. The Hall–Kier alpha value is -7.10. The van der Waals surface area contributed by atoms with E-state index in [-0.39, 0.29) is 5.41 Å². The summed E-state index contributed by atoms with van der Waals surface area (Å²) < 4.78 is 2.38. The molecule has 2 heterocycles. The molecule has 0 fully saturated rings. The number of benzene rings is 8. The summed E-state index contributed by atoms with van der Waals surface area (Å²) in [5.74, 6) is 0. The summed E-state index contributed by atoms with van der Waals surface area (Å²) >= 11 is 0. The minimum absolute atomic E-state index is 0.113. The first kappa shape index (κ1) is 33.3. The molecule has 1 aromatic heterocycles. The van der Waals surface area contributed by atoms with Crippen LogP contribution in [0.15, 0.2) is 194 Å². The number of dihydropyridines is 1. The summed E-state index contributed by atoms with van der Waals surface area (Å²) in [5.41, 5.74) is 17.1. The van der Waals surface area contributed by atoms with Gasteiger partial charge < -0.3 is 14.8 Å². The van der Waals surface area contributed by atoms with Gasteiger partial charge in [0.1, 0.15) is 0 Å². The standard InChI is InChI=1S/C54H41N3/c1-54(2)49-20-10-8-17-44(49)45-28-27-41(34-50(45)54)56(40-25-22-36(23-26-40)38-13-12-32-55-35-38)52-31-29-42(43-16-6-7-18-46(43)52)37-24-30-53-48(33-37)47-19-9-11-21-51(47)57(53)39-14-4-3-5-15-39/h3-31,33-35,55H,32H2,1-2H3. The smallest absolute Gasteiger partial charge is 0.0541 e. The quantitative estimate of drug-likeness (QED) is 0.184. The van der Waals surface area contributed by atoms with E-state index >= 15 is 0 Å². The lowest BCUT2D eigenvalue weighted by Crippen LogP contribution is -2.16. The van der Waals surface area contributed by atoms with Crippen molar-refractivity contribution in [1.29, 1.82) is 0 Å². The fourth-order valence-electron chi connectivity index (χ4n) is 9.44. The Morgan fingerprint density at radius 2 is 1.18 bits per heavy atom. The lowest BCUT2D eigenvalue weighted by atomic mass is 9.82. The molecule has 0 spiro atoms. The Bertz CT molecular complexity index is 3090. The molecule has 0 unspecified atom stereocenters. The van der Waals surface area contributed by atoms with Crippen LogP contribution in [0, 0.1) is 0 Å². The van der Waals surface area contributed by atoms with Gasteiger partial charge in [-0.05, 0) is 111 Å².